The SMILES string of the molecule is Cc1ccc(/C=C/C(=O)OCC(=O)N2CCOC2=O)s1. The molecule has 1 fully saturated rings. The first-order valence-corrected chi connectivity index (χ1v) is 6.76. The maximum atomic E-state index is 11.6. The number of ether oxygens (including phenoxy) is 2. The fourth-order valence-electron chi connectivity index (χ4n) is 1.57. The zero-order chi connectivity index (χ0) is 14.5. The predicted molar refractivity (Wildman–Crippen MR) is 72.1 cm³/mol. The summed E-state index contributed by atoms with van der Waals surface area (Å²) >= 11 is 1.54. The second-order valence-electron chi connectivity index (χ2n) is 4.05. The molecule has 2 heterocycles. The van der Waals surface area contributed by atoms with E-state index < -0.39 is 24.6 Å². The van der Waals surface area contributed by atoms with Gasteiger partial charge in [-0.1, -0.05) is 0 Å². The van der Waals surface area contributed by atoms with E-state index in [2.05, 4.69) is 4.74 Å². The van der Waals surface area contributed by atoms with Crippen molar-refractivity contribution in [3.05, 3.63) is 28.0 Å². The molecule has 1 aromatic rings. The van der Waals surface area contributed by atoms with Gasteiger partial charge in [-0.3, -0.25) is 4.79 Å². The Morgan fingerprint density at radius 3 is 2.90 bits per heavy atom. The molecule has 1 aliphatic rings. The second-order valence-corrected chi connectivity index (χ2v) is 5.37. The van der Waals surface area contributed by atoms with E-state index >= 15 is 0 Å². The van der Waals surface area contributed by atoms with Crippen molar-refractivity contribution in [2.75, 3.05) is 19.8 Å². The summed E-state index contributed by atoms with van der Waals surface area (Å²) in [5, 5.41) is 0. The van der Waals surface area contributed by atoms with E-state index in [1.165, 1.54) is 6.08 Å². The standard InChI is InChI=1S/C13H13NO5S/c1-9-2-3-10(20-9)4-5-12(16)19-8-11(15)14-6-7-18-13(14)17/h2-5H,6-8H2,1H3/b5-4+. The number of thiophene rings is 1. The zero-order valence-corrected chi connectivity index (χ0v) is 11.6. The van der Waals surface area contributed by atoms with Gasteiger partial charge in [-0.25, -0.2) is 14.5 Å². The number of cyclic esters (lactones) is 1. The van der Waals surface area contributed by atoms with E-state index in [1.807, 2.05) is 19.1 Å². The molecule has 0 radical (unpaired) electrons. The van der Waals surface area contributed by atoms with Crippen LogP contribution in [0.5, 0.6) is 0 Å². The lowest BCUT2D eigenvalue weighted by Gasteiger charge is -2.09. The van der Waals surface area contributed by atoms with Gasteiger partial charge in [0.25, 0.3) is 5.91 Å². The van der Waals surface area contributed by atoms with Crippen molar-refractivity contribution < 1.29 is 23.9 Å². The van der Waals surface area contributed by atoms with Gasteiger partial charge in [0.05, 0.1) is 6.54 Å². The molecule has 0 bridgehead atoms. The van der Waals surface area contributed by atoms with Gasteiger partial charge in [0.15, 0.2) is 6.61 Å². The minimum atomic E-state index is -0.698. The van der Waals surface area contributed by atoms with Crippen LogP contribution in [0.15, 0.2) is 18.2 Å². The van der Waals surface area contributed by atoms with Crippen LogP contribution in [0.3, 0.4) is 0 Å². The number of nitrogens with zero attached hydrogens (tertiary/aromatic N) is 1. The number of imide groups is 1. The van der Waals surface area contributed by atoms with E-state index in [4.69, 9.17) is 4.74 Å². The molecule has 6 nitrogen and oxygen atoms in total. The normalized spacial score (nSPS) is 14.7. The molecule has 2 rings (SSSR count). The van der Waals surface area contributed by atoms with Crippen LogP contribution in [-0.2, 0) is 19.1 Å². The number of amides is 2. The van der Waals surface area contributed by atoms with Crippen molar-refractivity contribution in [3.63, 3.8) is 0 Å². The van der Waals surface area contributed by atoms with Crippen LogP contribution in [0.2, 0.25) is 0 Å². The molecule has 0 aliphatic carbocycles. The highest BCUT2D eigenvalue weighted by molar-refractivity contribution is 7.12. The second kappa shape index (κ2) is 6.33. The molecule has 20 heavy (non-hydrogen) atoms. The maximum Gasteiger partial charge on any atom is 0.416 e. The minimum Gasteiger partial charge on any atom is -0.452 e. The molecule has 0 N–H and O–H groups in total. The van der Waals surface area contributed by atoms with Crippen molar-refractivity contribution in [2.45, 2.75) is 6.92 Å². The topological polar surface area (TPSA) is 72.9 Å². The molecule has 0 spiro atoms. The minimum absolute atomic E-state index is 0.177. The molecule has 0 aromatic carbocycles. The number of aryl methyl sites for hydroxylation is 1. The van der Waals surface area contributed by atoms with Gasteiger partial charge in [-0.2, -0.15) is 0 Å². The van der Waals surface area contributed by atoms with Crippen LogP contribution >= 0.6 is 11.3 Å². The van der Waals surface area contributed by atoms with Crippen LogP contribution in [0.25, 0.3) is 6.08 Å². The summed E-state index contributed by atoms with van der Waals surface area (Å²) in [6.07, 6.45) is 2.17. The van der Waals surface area contributed by atoms with E-state index in [-0.39, 0.29) is 13.2 Å². The molecular weight excluding hydrogens is 282 g/mol. The van der Waals surface area contributed by atoms with Crippen molar-refractivity contribution in [1.29, 1.82) is 0 Å². The average Bonchev–Trinajstić information content (AvgIpc) is 3.02. The van der Waals surface area contributed by atoms with Gasteiger partial charge in [-0.15, -0.1) is 11.3 Å². The first kappa shape index (κ1) is 14.3. The Bertz CT molecular complexity index is 563. The third-order valence-electron chi connectivity index (χ3n) is 2.54. The largest absolute Gasteiger partial charge is 0.452 e. The highest BCUT2D eigenvalue weighted by Crippen LogP contribution is 2.16. The van der Waals surface area contributed by atoms with Gasteiger partial charge >= 0.3 is 12.1 Å². The molecule has 2 amide bonds. The number of carbonyl (C=O) groups is 3. The number of hydrogen-bond donors (Lipinski definition) is 0. The molecule has 0 unspecified atom stereocenters. The first-order chi connectivity index (χ1) is 9.56. The Morgan fingerprint density at radius 1 is 1.50 bits per heavy atom. The summed E-state index contributed by atoms with van der Waals surface area (Å²) < 4.78 is 9.39. The molecule has 1 saturated heterocycles. The molecule has 0 atom stereocenters. The van der Waals surface area contributed by atoms with Gasteiger partial charge in [0.2, 0.25) is 0 Å². The average molecular weight is 295 g/mol. The summed E-state index contributed by atoms with van der Waals surface area (Å²) in [5.41, 5.74) is 0. The Kier molecular flexibility index (Phi) is 4.52. The van der Waals surface area contributed by atoms with E-state index in [9.17, 15) is 14.4 Å². The number of carbonyl (C=O) groups excluding carboxylic acids is 3. The van der Waals surface area contributed by atoms with Gasteiger partial charge < -0.3 is 9.47 Å². The molecule has 106 valence electrons. The summed E-state index contributed by atoms with van der Waals surface area (Å²) in [6, 6.07) is 3.83. The monoisotopic (exact) mass is 295 g/mol. The Balaban J connectivity index is 1.79. The van der Waals surface area contributed by atoms with Crippen LogP contribution in [0.1, 0.15) is 9.75 Å². The molecular formula is C13H13NO5S. The van der Waals surface area contributed by atoms with Crippen LogP contribution in [0, 0.1) is 6.92 Å². The summed E-state index contributed by atoms with van der Waals surface area (Å²) in [6.45, 7) is 1.87. The van der Waals surface area contributed by atoms with E-state index in [1.54, 1.807) is 17.4 Å². The van der Waals surface area contributed by atoms with Gasteiger partial charge in [0.1, 0.15) is 6.61 Å². The Hall–Kier alpha value is -2.15. The highest BCUT2D eigenvalue weighted by Gasteiger charge is 2.28. The van der Waals surface area contributed by atoms with E-state index in [0.717, 1.165) is 14.7 Å². The summed E-state index contributed by atoms with van der Waals surface area (Å²) in [4.78, 5) is 37.1. The lowest BCUT2D eigenvalue weighted by Crippen LogP contribution is -2.35. The highest BCUT2D eigenvalue weighted by atomic mass is 32.1. The van der Waals surface area contributed by atoms with Crippen LogP contribution in [0.4, 0.5) is 4.79 Å². The number of esters is 1. The summed E-state index contributed by atoms with van der Waals surface area (Å²) in [5.74, 6) is -1.21. The lowest BCUT2D eigenvalue weighted by molar-refractivity contribution is -0.146. The molecule has 7 heteroatoms. The molecule has 1 aliphatic heterocycles. The van der Waals surface area contributed by atoms with E-state index in [0.29, 0.717) is 0 Å². The fraction of sp³-hybridized carbons (Fsp3) is 0.308. The quantitative estimate of drug-likeness (QED) is 0.623. The number of rotatable bonds is 4. The third kappa shape index (κ3) is 3.67. The Morgan fingerprint density at radius 2 is 2.30 bits per heavy atom. The predicted octanol–water partition coefficient (Wildman–Crippen LogP) is 1.59. The third-order valence-corrected chi connectivity index (χ3v) is 3.51. The fourth-order valence-corrected chi connectivity index (χ4v) is 2.35. The molecule has 1 aromatic heterocycles. The van der Waals surface area contributed by atoms with Crippen LogP contribution < -0.4 is 0 Å². The summed E-state index contributed by atoms with van der Waals surface area (Å²) in [7, 11) is 0. The first-order valence-electron chi connectivity index (χ1n) is 5.94. The number of hydrogen-bond acceptors (Lipinski definition) is 6. The van der Waals surface area contributed by atoms with Crippen molar-refractivity contribution in [3.8, 4) is 0 Å². The van der Waals surface area contributed by atoms with Crippen molar-refractivity contribution in [2.24, 2.45) is 0 Å². The Labute approximate surface area is 119 Å². The van der Waals surface area contributed by atoms with Gasteiger partial charge in [0, 0.05) is 15.8 Å². The smallest absolute Gasteiger partial charge is 0.416 e. The van der Waals surface area contributed by atoms with Gasteiger partial charge in [-0.05, 0) is 25.1 Å². The lowest BCUT2D eigenvalue weighted by atomic mass is 10.4. The van der Waals surface area contributed by atoms with Crippen LogP contribution in [-0.4, -0.2) is 42.6 Å². The van der Waals surface area contributed by atoms with Crippen molar-refractivity contribution >= 4 is 35.4 Å². The molecule has 0 saturated carbocycles. The zero-order valence-electron chi connectivity index (χ0n) is 10.8. The maximum absolute atomic E-state index is 11.6. The van der Waals surface area contributed by atoms with Crippen molar-refractivity contribution in [1.82, 2.24) is 4.90 Å².